The minimum Gasteiger partial charge on any atom is -0.389 e. The van der Waals surface area contributed by atoms with Crippen LogP contribution in [0.4, 0.5) is 0 Å². The van der Waals surface area contributed by atoms with Gasteiger partial charge in [-0.1, -0.05) is 36.5 Å². The molecule has 2 aliphatic carbocycles. The van der Waals surface area contributed by atoms with E-state index in [0.29, 0.717) is 0 Å². The molecule has 2 aliphatic rings. The van der Waals surface area contributed by atoms with E-state index in [1.807, 2.05) is 18.2 Å². The first-order valence-electron chi connectivity index (χ1n) is 4.28. The molecule has 1 unspecified atom stereocenters. The molecule has 2 rings (SSSR count). The van der Waals surface area contributed by atoms with Crippen molar-refractivity contribution in [1.82, 2.24) is 0 Å². The van der Waals surface area contributed by atoms with Gasteiger partial charge in [0.2, 0.25) is 0 Å². The summed E-state index contributed by atoms with van der Waals surface area (Å²) in [6, 6.07) is 0. The Morgan fingerprint density at radius 1 is 1.17 bits per heavy atom. The van der Waals surface area contributed by atoms with Crippen LogP contribution in [0, 0.1) is 0 Å². The minimum atomic E-state index is -0.286. The average Bonchev–Trinajstić information content (AvgIpc) is 2.28. The Bertz CT molecular complexity index is 292. The number of aliphatic hydroxyl groups is 1. The van der Waals surface area contributed by atoms with E-state index in [0.717, 1.165) is 12.8 Å². The fourth-order valence-corrected chi connectivity index (χ4v) is 1.58. The van der Waals surface area contributed by atoms with Crippen molar-refractivity contribution >= 4 is 0 Å². The van der Waals surface area contributed by atoms with Gasteiger partial charge in [-0.15, -0.1) is 0 Å². The molecule has 1 heteroatoms. The van der Waals surface area contributed by atoms with Crippen LogP contribution in [0.1, 0.15) is 12.8 Å². The highest BCUT2D eigenvalue weighted by Gasteiger charge is 2.11. The lowest BCUT2D eigenvalue weighted by atomic mass is 9.94. The lowest BCUT2D eigenvalue weighted by molar-refractivity contribution is 0.222. The van der Waals surface area contributed by atoms with E-state index in [4.69, 9.17) is 0 Å². The van der Waals surface area contributed by atoms with Crippen LogP contribution < -0.4 is 0 Å². The molecule has 0 heterocycles. The first kappa shape index (κ1) is 7.56. The lowest BCUT2D eigenvalue weighted by Gasteiger charge is -2.15. The summed E-state index contributed by atoms with van der Waals surface area (Å²) in [6.07, 6.45) is 13.7. The molecule has 0 aromatic heterocycles. The van der Waals surface area contributed by atoms with E-state index >= 15 is 0 Å². The highest BCUT2D eigenvalue weighted by atomic mass is 16.3. The highest BCUT2D eigenvalue weighted by Crippen LogP contribution is 2.24. The summed E-state index contributed by atoms with van der Waals surface area (Å²) in [6.45, 7) is 0. The predicted molar refractivity (Wildman–Crippen MR) is 49.7 cm³/mol. The van der Waals surface area contributed by atoms with Crippen molar-refractivity contribution in [2.24, 2.45) is 0 Å². The second-order valence-corrected chi connectivity index (χ2v) is 3.17. The Labute approximate surface area is 72.4 Å². The van der Waals surface area contributed by atoms with Gasteiger partial charge in [-0.3, -0.25) is 0 Å². The van der Waals surface area contributed by atoms with Crippen molar-refractivity contribution in [2.75, 3.05) is 0 Å². The maximum Gasteiger partial charge on any atom is 0.0764 e. The maximum atomic E-state index is 9.36. The van der Waals surface area contributed by atoms with Gasteiger partial charge in [0, 0.05) is 6.42 Å². The van der Waals surface area contributed by atoms with Crippen LogP contribution in [-0.4, -0.2) is 11.2 Å². The molecule has 12 heavy (non-hydrogen) atoms. The molecule has 1 atom stereocenters. The zero-order chi connectivity index (χ0) is 8.39. The average molecular weight is 160 g/mol. The van der Waals surface area contributed by atoms with Crippen molar-refractivity contribution in [1.29, 1.82) is 0 Å². The van der Waals surface area contributed by atoms with Crippen LogP contribution in [-0.2, 0) is 0 Å². The summed E-state index contributed by atoms with van der Waals surface area (Å²) in [5.74, 6) is 0. The first-order valence-corrected chi connectivity index (χ1v) is 4.28. The Kier molecular flexibility index (Phi) is 1.96. The fourth-order valence-electron chi connectivity index (χ4n) is 1.58. The first-order chi connectivity index (χ1) is 5.86. The summed E-state index contributed by atoms with van der Waals surface area (Å²) in [4.78, 5) is 0. The highest BCUT2D eigenvalue weighted by molar-refractivity contribution is 5.41. The van der Waals surface area contributed by atoms with E-state index in [-0.39, 0.29) is 6.10 Å². The van der Waals surface area contributed by atoms with Crippen molar-refractivity contribution in [3.8, 4) is 0 Å². The van der Waals surface area contributed by atoms with Gasteiger partial charge < -0.3 is 5.11 Å². The zero-order valence-electron chi connectivity index (χ0n) is 6.90. The summed E-state index contributed by atoms with van der Waals surface area (Å²) in [7, 11) is 0. The maximum absolute atomic E-state index is 9.36. The number of hydrogen-bond donors (Lipinski definition) is 1. The van der Waals surface area contributed by atoms with Gasteiger partial charge in [0.1, 0.15) is 0 Å². The van der Waals surface area contributed by atoms with E-state index < -0.39 is 0 Å². The Morgan fingerprint density at radius 2 is 2.08 bits per heavy atom. The van der Waals surface area contributed by atoms with Gasteiger partial charge in [-0.25, -0.2) is 0 Å². The Hall–Kier alpha value is -1.08. The van der Waals surface area contributed by atoms with E-state index in [1.165, 1.54) is 11.1 Å². The third-order valence-electron chi connectivity index (χ3n) is 2.24. The molecule has 62 valence electrons. The minimum absolute atomic E-state index is 0.286. The van der Waals surface area contributed by atoms with Crippen molar-refractivity contribution < 1.29 is 5.11 Å². The standard InChI is InChI=1S/C11H12O/c12-11-7-6-9-4-2-1-3-5-10(9)8-11/h1-3,5-7,11-12H,4,8H2. The predicted octanol–water partition coefficient (Wildman–Crippen LogP) is 2.12. The topological polar surface area (TPSA) is 20.2 Å². The summed E-state index contributed by atoms with van der Waals surface area (Å²) in [5.41, 5.74) is 2.61. The van der Waals surface area contributed by atoms with Gasteiger partial charge in [0.05, 0.1) is 6.10 Å². The number of allylic oxidation sites excluding steroid dienone is 6. The van der Waals surface area contributed by atoms with Crippen LogP contribution >= 0.6 is 0 Å². The number of hydrogen-bond acceptors (Lipinski definition) is 1. The quantitative estimate of drug-likeness (QED) is 0.575. The molecule has 0 spiro atoms. The van der Waals surface area contributed by atoms with Gasteiger partial charge in [-0.2, -0.15) is 0 Å². The van der Waals surface area contributed by atoms with Crippen LogP contribution in [0.15, 0.2) is 47.6 Å². The molecular formula is C11H12O. The molecule has 0 aromatic rings. The Morgan fingerprint density at radius 3 is 3.00 bits per heavy atom. The van der Waals surface area contributed by atoms with Crippen LogP contribution in [0.25, 0.3) is 0 Å². The van der Waals surface area contributed by atoms with Gasteiger partial charge in [0.15, 0.2) is 0 Å². The second-order valence-electron chi connectivity index (χ2n) is 3.17. The van der Waals surface area contributed by atoms with E-state index in [1.54, 1.807) is 0 Å². The molecule has 0 saturated heterocycles. The SMILES string of the molecule is OC1C=CC2=C(C=CC=CC2)C1. The molecule has 0 amide bonds. The monoisotopic (exact) mass is 160 g/mol. The van der Waals surface area contributed by atoms with Crippen molar-refractivity contribution in [2.45, 2.75) is 18.9 Å². The van der Waals surface area contributed by atoms with Crippen molar-refractivity contribution in [3.05, 3.63) is 47.6 Å². The molecule has 0 bridgehead atoms. The largest absolute Gasteiger partial charge is 0.389 e. The molecular weight excluding hydrogens is 148 g/mol. The van der Waals surface area contributed by atoms with Gasteiger partial charge in [-0.05, 0) is 17.6 Å². The third-order valence-corrected chi connectivity index (χ3v) is 2.24. The molecule has 0 aromatic carbocycles. The van der Waals surface area contributed by atoms with Crippen LogP contribution in [0.2, 0.25) is 0 Å². The molecule has 0 saturated carbocycles. The van der Waals surface area contributed by atoms with E-state index in [2.05, 4.69) is 18.2 Å². The van der Waals surface area contributed by atoms with Crippen LogP contribution in [0.5, 0.6) is 0 Å². The second kappa shape index (κ2) is 3.11. The fraction of sp³-hybridized carbons (Fsp3) is 0.273. The van der Waals surface area contributed by atoms with Crippen molar-refractivity contribution in [3.63, 3.8) is 0 Å². The molecule has 0 radical (unpaired) electrons. The summed E-state index contributed by atoms with van der Waals surface area (Å²) < 4.78 is 0. The van der Waals surface area contributed by atoms with E-state index in [9.17, 15) is 5.11 Å². The van der Waals surface area contributed by atoms with Gasteiger partial charge in [0.25, 0.3) is 0 Å². The van der Waals surface area contributed by atoms with Gasteiger partial charge >= 0.3 is 0 Å². The lowest BCUT2D eigenvalue weighted by Crippen LogP contribution is -2.08. The zero-order valence-corrected chi connectivity index (χ0v) is 6.90. The molecule has 0 aliphatic heterocycles. The normalized spacial score (nSPS) is 27.2. The molecule has 1 N–H and O–H groups in total. The Balaban J connectivity index is 2.30. The molecule has 0 fully saturated rings. The summed E-state index contributed by atoms with van der Waals surface area (Å²) in [5, 5.41) is 9.36. The third kappa shape index (κ3) is 1.41. The van der Waals surface area contributed by atoms with Crippen LogP contribution in [0.3, 0.4) is 0 Å². The molecule has 1 nitrogen and oxygen atoms in total. The number of aliphatic hydroxyl groups excluding tert-OH is 1. The summed E-state index contributed by atoms with van der Waals surface area (Å²) >= 11 is 0. The number of rotatable bonds is 0. The smallest absolute Gasteiger partial charge is 0.0764 e.